The van der Waals surface area contributed by atoms with Crippen molar-refractivity contribution in [1.82, 2.24) is 0 Å². The van der Waals surface area contributed by atoms with Gasteiger partial charge in [-0.25, -0.2) is 0 Å². The predicted molar refractivity (Wildman–Crippen MR) is 61.4 cm³/mol. The highest BCUT2D eigenvalue weighted by molar-refractivity contribution is 6.30. The zero-order chi connectivity index (χ0) is 9.80. The standard InChI is InChI=1S/C13H16Cl/c14-13-8-6-12(7-9-13)10-11-4-2-1-3-5-11/h6-11H,1-5H2. The molecule has 1 fully saturated rings. The molecule has 0 amide bonds. The van der Waals surface area contributed by atoms with Crippen LogP contribution in [0.15, 0.2) is 24.3 Å². The van der Waals surface area contributed by atoms with Crippen LogP contribution in [0.4, 0.5) is 0 Å². The van der Waals surface area contributed by atoms with Gasteiger partial charge in [-0.2, -0.15) is 0 Å². The molecule has 0 spiro atoms. The Labute approximate surface area is 91.3 Å². The topological polar surface area (TPSA) is 0 Å². The second-order valence-electron chi connectivity index (χ2n) is 4.12. The molecule has 0 bridgehead atoms. The lowest BCUT2D eigenvalue weighted by molar-refractivity contribution is 0.403. The fraction of sp³-hybridized carbons (Fsp3) is 0.462. The molecular formula is C13H16Cl. The molecule has 1 heteroatoms. The summed E-state index contributed by atoms with van der Waals surface area (Å²) in [5, 5.41) is 0.825. The minimum Gasteiger partial charge on any atom is -0.0843 e. The van der Waals surface area contributed by atoms with Crippen molar-refractivity contribution in [2.45, 2.75) is 32.1 Å². The van der Waals surface area contributed by atoms with Gasteiger partial charge in [0.05, 0.1) is 0 Å². The molecule has 0 saturated heterocycles. The maximum atomic E-state index is 5.84. The van der Waals surface area contributed by atoms with Gasteiger partial charge in [0.1, 0.15) is 0 Å². The summed E-state index contributed by atoms with van der Waals surface area (Å²) in [6, 6.07) is 8.15. The summed E-state index contributed by atoms with van der Waals surface area (Å²) in [5.74, 6) is 0.796. The van der Waals surface area contributed by atoms with E-state index in [9.17, 15) is 0 Å². The second-order valence-corrected chi connectivity index (χ2v) is 4.55. The van der Waals surface area contributed by atoms with Crippen LogP contribution in [-0.2, 0) is 0 Å². The van der Waals surface area contributed by atoms with Crippen molar-refractivity contribution >= 4 is 11.6 Å². The molecule has 2 rings (SSSR count). The molecule has 1 aromatic carbocycles. The van der Waals surface area contributed by atoms with Crippen molar-refractivity contribution in [3.63, 3.8) is 0 Å². The van der Waals surface area contributed by atoms with Crippen LogP contribution in [0.1, 0.15) is 37.7 Å². The van der Waals surface area contributed by atoms with Crippen molar-refractivity contribution in [3.05, 3.63) is 41.3 Å². The van der Waals surface area contributed by atoms with Crippen LogP contribution in [0.3, 0.4) is 0 Å². The first-order valence-corrected chi connectivity index (χ1v) is 5.83. The second kappa shape index (κ2) is 4.84. The molecule has 1 aliphatic rings. The normalized spacial score (nSPS) is 18.4. The zero-order valence-electron chi connectivity index (χ0n) is 8.38. The lowest BCUT2D eigenvalue weighted by atomic mass is 9.85. The zero-order valence-corrected chi connectivity index (χ0v) is 9.13. The Balaban J connectivity index is 1.92. The quantitative estimate of drug-likeness (QED) is 0.671. The minimum atomic E-state index is 0.796. The average molecular weight is 208 g/mol. The summed E-state index contributed by atoms with van der Waals surface area (Å²) >= 11 is 5.84. The van der Waals surface area contributed by atoms with Gasteiger partial charge in [0, 0.05) is 5.02 Å². The maximum Gasteiger partial charge on any atom is 0.0406 e. The van der Waals surface area contributed by atoms with E-state index in [4.69, 9.17) is 11.6 Å². The summed E-state index contributed by atoms with van der Waals surface area (Å²) in [6.45, 7) is 0. The molecular weight excluding hydrogens is 192 g/mol. The van der Waals surface area contributed by atoms with E-state index in [0.717, 1.165) is 10.9 Å². The van der Waals surface area contributed by atoms with Gasteiger partial charge in [0.15, 0.2) is 0 Å². The molecule has 14 heavy (non-hydrogen) atoms. The first kappa shape index (κ1) is 10.0. The largest absolute Gasteiger partial charge is 0.0843 e. The van der Waals surface area contributed by atoms with Crippen molar-refractivity contribution in [2.24, 2.45) is 5.92 Å². The van der Waals surface area contributed by atoms with E-state index >= 15 is 0 Å². The number of hydrogen-bond donors (Lipinski definition) is 0. The molecule has 0 heterocycles. The Bertz CT molecular complexity index is 270. The van der Waals surface area contributed by atoms with E-state index < -0.39 is 0 Å². The molecule has 0 N–H and O–H groups in total. The molecule has 1 aliphatic carbocycles. The van der Waals surface area contributed by atoms with E-state index in [2.05, 4.69) is 18.6 Å². The smallest absolute Gasteiger partial charge is 0.0406 e. The lowest BCUT2D eigenvalue weighted by Gasteiger charge is -2.21. The number of rotatable bonds is 2. The van der Waals surface area contributed by atoms with E-state index in [0.29, 0.717) is 0 Å². The summed E-state index contributed by atoms with van der Waals surface area (Å²) in [5.41, 5.74) is 1.32. The lowest BCUT2D eigenvalue weighted by Crippen LogP contribution is -2.07. The SMILES string of the molecule is Clc1ccc([CH]C2CCCCC2)cc1. The molecule has 0 aromatic heterocycles. The predicted octanol–water partition coefficient (Wildman–Crippen LogP) is 4.47. The van der Waals surface area contributed by atoms with Gasteiger partial charge in [0.25, 0.3) is 0 Å². The Kier molecular flexibility index (Phi) is 3.47. The summed E-state index contributed by atoms with van der Waals surface area (Å²) < 4.78 is 0. The van der Waals surface area contributed by atoms with E-state index in [1.165, 1.54) is 37.7 Å². The first-order chi connectivity index (χ1) is 6.84. The third-order valence-electron chi connectivity index (χ3n) is 2.95. The highest BCUT2D eigenvalue weighted by atomic mass is 35.5. The molecule has 1 aromatic rings. The first-order valence-electron chi connectivity index (χ1n) is 5.45. The molecule has 0 nitrogen and oxygen atoms in total. The highest BCUT2D eigenvalue weighted by Crippen LogP contribution is 2.28. The third kappa shape index (κ3) is 2.75. The van der Waals surface area contributed by atoms with Gasteiger partial charge in [-0.05, 0) is 42.9 Å². The van der Waals surface area contributed by atoms with Crippen LogP contribution in [0.2, 0.25) is 5.02 Å². The third-order valence-corrected chi connectivity index (χ3v) is 3.20. The number of halogens is 1. The molecule has 0 aliphatic heterocycles. The van der Waals surface area contributed by atoms with Gasteiger partial charge >= 0.3 is 0 Å². The number of benzene rings is 1. The van der Waals surface area contributed by atoms with Crippen molar-refractivity contribution < 1.29 is 0 Å². The van der Waals surface area contributed by atoms with Crippen LogP contribution in [0.5, 0.6) is 0 Å². The van der Waals surface area contributed by atoms with Gasteiger partial charge in [-0.1, -0.05) is 43.0 Å². The number of hydrogen-bond acceptors (Lipinski definition) is 0. The van der Waals surface area contributed by atoms with Crippen LogP contribution < -0.4 is 0 Å². The van der Waals surface area contributed by atoms with Crippen LogP contribution in [0, 0.1) is 12.3 Å². The Hall–Kier alpha value is -0.490. The Morgan fingerprint density at radius 3 is 2.29 bits per heavy atom. The fourth-order valence-electron chi connectivity index (χ4n) is 2.15. The summed E-state index contributed by atoms with van der Waals surface area (Å²) in [4.78, 5) is 0. The fourth-order valence-corrected chi connectivity index (χ4v) is 2.27. The molecule has 0 atom stereocenters. The molecule has 1 radical (unpaired) electrons. The highest BCUT2D eigenvalue weighted by Gasteiger charge is 2.13. The molecule has 0 unspecified atom stereocenters. The maximum absolute atomic E-state index is 5.84. The molecule has 1 saturated carbocycles. The Morgan fingerprint density at radius 1 is 1.00 bits per heavy atom. The monoisotopic (exact) mass is 207 g/mol. The average Bonchev–Trinajstić information content (AvgIpc) is 2.23. The van der Waals surface area contributed by atoms with Crippen LogP contribution in [-0.4, -0.2) is 0 Å². The van der Waals surface area contributed by atoms with Crippen LogP contribution >= 0.6 is 11.6 Å². The summed E-state index contributed by atoms with van der Waals surface area (Å²) in [6.07, 6.45) is 9.34. The van der Waals surface area contributed by atoms with Crippen LogP contribution in [0.25, 0.3) is 0 Å². The minimum absolute atomic E-state index is 0.796. The van der Waals surface area contributed by atoms with Gasteiger partial charge in [0.2, 0.25) is 0 Å². The Morgan fingerprint density at radius 2 is 1.64 bits per heavy atom. The van der Waals surface area contributed by atoms with Gasteiger partial charge < -0.3 is 0 Å². The van der Waals surface area contributed by atoms with E-state index in [1.54, 1.807) is 0 Å². The van der Waals surface area contributed by atoms with Crippen molar-refractivity contribution in [3.8, 4) is 0 Å². The van der Waals surface area contributed by atoms with Crippen molar-refractivity contribution in [1.29, 1.82) is 0 Å². The van der Waals surface area contributed by atoms with E-state index in [-0.39, 0.29) is 0 Å². The van der Waals surface area contributed by atoms with Crippen molar-refractivity contribution in [2.75, 3.05) is 0 Å². The van der Waals surface area contributed by atoms with E-state index in [1.807, 2.05) is 12.1 Å². The molecule has 75 valence electrons. The summed E-state index contributed by atoms with van der Waals surface area (Å²) in [7, 11) is 0. The van der Waals surface area contributed by atoms with Gasteiger partial charge in [-0.15, -0.1) is 0 Å². The van der Waals surface area contributed by atoms with Gasteiger partial charge in [-0.3, -0.25) is 0 Å².